The summed E-state index contributed by atoms with van der Waals surface area (Å²) < 4.78 is 10.8. The van der Waals surface area contributed by atoms with Crippen molar-refractivity contribution in [3.05, 3.63) is 23.8 Å². The van der Waals surface area contributed by atoms with Gasteiger partial charge < -0.3 is 20.1 Å². The summed E-state index contributed by atoms with van der Waals surface area (Å²) in [6.45, 7) is 9.14. The molecular formula is C20H33IN4O2. The number of guanidine groups is 1. The van der Waals surface area contributed by atoms with Crippen molar-refractivity contribution in [3.63, 3.8) is 0 Å². The van der Waals surface area contributed by atoms with Gasteiger partial charge in [0.05, 0.1) is 0 Å². The standard InChI is InChI=1S/C20H32N4O2.HI/c1-15(2)17(24-10-4-5-11-24)13-23-20(21-3)22-9-8-16-6-7-18-19(12-16)26-14-25-18;/h6-7,12,15,17H,4-5,8-11,13-14H2,1-3H3,(H2,21,22,23);1H. The van der Waals surface area contributed by atoms with Gasteiger partial charge in [-0.1, -0.05) is 19.9 Å². The summed E-state index contributed by atoms with van der Waals surface area (Å²) in [5, 5.41) is 6.93. The molecule has 1 atom stereocenters. The van der Waals surface area contributed by atoms with E-state index in [-0.39, 0.29) is 24.0 Å². The number of hydrogen-bond acceptors (Lipinski definition) is 4. The highest BCUT2D eigenvalue weighted by molar-refractivity contribution is 14.0. The van der Waals surface area contributed by atoms with Gasteiger partial charge >= 0.3 is 0 Å². The van der Waals surface area contributed by atoms with Gasteiger partial charge in [0.25, 0.3) is 0 Å². The molecule has 7 heteroatoms. The van der Waals surface area contributed by atoms with Gasteiger partial charge in [-0.25, -0.2) is 0 Å². The lowest BCUT2D eigenvalue weighted by atomic mass is 10.0. The van der Waals surface area contributed by atoms with Crippen LogP contribution in [0.1, 0.15) is 32.3 Å². The van der Waals surface area contributed by atoms with Crippen LogP contribution < -0.4 is 20.1 Å². The molecule has 2 heterocycles. The van der Waals surface area contributed by atoms with E-state index in [1.54, 1.807) is 0 Å². The molecule has 0 aromatic heterocycles. The van der Waals surface area contributed by atoms with Crippen molar-refractivity contribution in [1.82, 2.24) is 15.5 Å². The average Bonchev–Trinajstić information content (AvgIpc) is 3.31. The molecule has 2 aliphatic heterocycles. The van der Waals surface area contributed by atoms with Gasteiger partial charge in [-0.2, -0.15) is 0 Å². The summed E-state index contributed by atoms with van der Waals surface area (Å²) in [4.78, 5) is 6.97. The molecule has 27 heavy (non-hydrogen) atoms. The molecule has 1 aromatic rings. The van der Waals surface area contributed by atoms with Gasteiger partial charge in [0.2, 0.25) is 6.79 Å². The molecule has 152 valence electrons. The molecule has 0 radical (unpaired) electrons. The lowest BCUT2D eigenvalue weighted by molar-refractivity contribution is 0.174. The number of rotatable bonds is 7. The second-order valence-electron chi connectivity index (χ2n) is 7.37. The molecule has 1 unspecified atom stereocenters. The Labute approximate surface area is 180 Å². The second kappa shape index (κ2) is 10.9. The third kappa shape index (κ3) is 6.14. The molecule has 3 rings (SSSR count). The van der Waals surface area contributed by atoms with Crippen LogP contribution in [-0.4, -0.2) is 56.9 Å². The van der Waals surface area contributed by atoms with Crippen molar-refractivity contribution < 1.29 is 9.47 Å². The Morgan fingerprint density at radius 2 is 1.89 bits per heavy atom. The highest BCUT2D eigenvalue weighted by Crippen LogP contribution is 2.32. The summed E-state index contributed by atoms with van der Waals surface area (Å²) in [5.41, 5.74) is 1.23. The maximum absolute atomic E-state index is 5.44. The van der Waals surface area contributed by atoms with Gasteiger partial charge in [-0.3, -0.25) is 9.89 Å². The molecule has 0 amide bonds. The molecule has 1 fully saturated rings. The van der Waals surface area contributed by atoms with Crippen LogP contribution in [0, 0.1) is 5.92 Å². The summed E-state index contributed by atoms with van der Waals surface area (Å²) in [6, 6.07) is 6.69. The Balaban J connectivity index is 0.00000261. The fraction of sp³-hybridized carbons (Fsp3) is 0.650. The van der Waals surface area contributed by atoms with Crippen molar-refractivity contribution in [3.8, 4) is 11.5 Å². The molecule has 0 saturated carbocycles. The van der Waals surface area contributed by atoms with Gasteiger partial charge in [-0.05, 0) is 56.0 Å². The maximum atomic E-state index is 5.44. The zero-order chi connectivity index (χ0) is 18.4. The van der Waals surface area contributed by atoms with Crippen molar-refractivity contribution in [2.75, 3.05) is 40.0 Å². The van der Waals surface area contributed by atoms with Crippen LogP contribution >= 0.6 is 24.0 Å². The number of likely N-dealkylation sites (tertiary alicyclic amines) is 1. The molecule has 2 aliphatic rings. The number of aliphatic imine (C=N–C) groups is 1. The zero-order valence-electron chi connectivity index (χ0n) is 16.7. The lowest BCUT2D eigenvalue weighted by Crippen LogP contribution is -2.48. The van der Waals surface area contributed by atoms with Crippen molar-refractivity contribution in [2.45, 2.75) is 39.2 Å². The minimum atomic E-state index is 0. The molecule has 0 spiro atoms. The SMILES string of the molecule is CN=C(NCCc1ccc2c(c1)OCO2)NCC(C(C)C)N1CCCC1.I. The minimum absolute atomic E-state index is 0. The van der Waals surface area contributed by atoms with Crippen LogP contribution in [0.2, 0.25) is 0 Å². The average molecular weight is 488 g/mol. The smallest absolute Gasteiger partial charge is 0.231 e. The zero-order valence-corrected chi connectivity index (χ0v) is 19.0. The number of ether oxygens (including phenoxy) is 2. The molecule has 2 N–H and O–H groups in total. The topological polar surface area (TPSA) is 58.1 Å². The van der Waals surface area contributed by atoms with E-state index >= 15 is 0 Å². The van der Waals surface area contributed by atoms with E-state index in [4.69, 9.17) is 9.47 Å². The lowest BCUT2D eigenvalue weighted by Gasteiger charge is -2.31. The number of nitrogens with zero attached hydrogens (tertiary/aromatic N) is 2. The number of benzene rings is 1. The largest absolute Gasteiger partial charge is 0.454 e. The molecule has 6 nitrogen and oxygen atoms in total. The van der Waals surface area contributed by atoms with E-state index in [2.05, 4.69) is 46.5 Å². The van der Waals surface area contributed by atoms with Crippen LogP contribution in [0.4, 0.5) is 0 Å². The summed E-state index contributed by atoms with van der Waals surface area (Å²) >= 11 is 0. The summed E-state index contributed by atoms with van der Waals surface area (Å²) in [6.07, 6.45) is 3.56. The summed E-state index contributed by atoms with van der Waals surface area (Å²) in [5.74, 6) is 3.18. The van der Waals surface area contributed by atoms with E-state index in [9.17, 15) is 0 Å². The van der Waals surface area contributed by atoms with Crippen LogP contribution in [0.15, 0.2) is 23.2 Å². The normalized spacial score (nSPS) is 17.7. The van der Waals surface area contributed by atoms with Gasteiger partial charge in [-0.15, -0.1) is 24.0 Å². The third-order valence-corrected chi connectivity index (χ3v) is 5.22. The Morgan fingerprint density at radius 3 is 2.59 bits per heavy atom. The number of nitrogens with one attached hydrogen (secondary N) is 2. The minimum Gasteiger partial charge on any atom is -0.454 e. The molecule has 0 bridgehead atoms. The predicted octanol–water partition coefficient (Wildman–Crippen LogP) is 2.86. The summed E-state index contributed by atoms with van der Waals surface area (Å²) in [7, 11) is 1.83. The molecule has 0 aliphatic carbocycles. The van der Waals surface area contributed by atoms with Crippen LogP contribution in [-0.2, 0) is 6.42 Å². The molecule has 1 aromatic carbocycles. The Kier molecular flexibility index (Phi) is 8.95. The predicted molar refractivity (Wildman–Crippen MR) is 120 cm³/mol. The quantitative estimate of drug-likeness (QED) is 0.351. The first-order chi connectivity index (χ1) is 12.7. The van der Waals surface area contributed by atoms with Gasteiger partial charge in [0, 0.05) is 26.2 Å². The number of hydrogen-bond donors (Lipinski definition) is 2. The first-order valence-corrected chi connectivity index (χ1v) is 9.74. The first-order valence-electron chi connectivity index (χ1n) is 9.74. The number of fused-ring (bicyclic) bond motifs is 1. The Morgan fingerprint density at radius 1 is 1.15 bits per heavy atom. The third-order valence-electron chi connectivity index (χ3n) is 5.22. The van der Waals surface area contributed by atoms with E-state index in [0.717, 1.165) is 37.0 Å². The highest BCUT2D eigenvalue weighted by atomic mass is 127. The fourth-order valence-electron chi connectivity index (χ4n) is 3.70. The van der Waals surface area contributed by atoms with E-state index in [0.29, 0.717) is 18.8 Å². The maximum Gasteiger partial charge on any atom is 0.231 e. The highest BCUT2D eigenvalue weighted by Gasteiger charge is 2.24. The van der Waals surface area contributed by atoms with Crippen LogP contribution in [0.5, 0.6) is 11.5 Å². The van der Waals surface area contributed by atoms with Crippen molar-refractivity contribution in [2.24, 2.45) is 10.9 Å². The van der Waals surface area contributed by atoms with E-state index < -0.39 is 0 Å². The Bertz CT molecular complexity index is 618. The molecule has 1 saturated heterocycles. The van der Waals surface area contributed by atoms with E-state index in [1.807, 2.05) is 13.1 Å². The number of halogens is 1. The van der Waals surface area contributed by atoms with Crippen molar-refractivity contribution in [1.29, 1.82) is 0 Å². The van der Waals surface area contributed by atoms with Crippen LogP contribution in [0.25, 0.3) is 0 Å². The first kappa shape index (κ1) is 22.1. The van der Waals surface area contributed by atoms with E-state index in [1.165, 1.54) is 31.5 Å². The second-order valence-corrected chi connectivity index (χ2v) is 7.37. The van der Waals surface area contributed by atoms with Crippen LogP contribution in [0.3, 0.4) is 0 Å². The Hall–Kier alpha value is -1.22. The van der Waals surface area contributed by atoms with Gasteiger partial charge in [0.15, 0.2) is 17.5 Å². The fourth-order valence-corrected chi connectivity index (χ4v) is 3.70. The monoisotopic (exact) mass is 488 g/mol. The van der Waals surface area contributed by atoms with Crippen molar-refractivity contribution >= 4 is 29.9 Å². The molecular weight excluding hydrogens is 455 g/mol. The van der Waals surface area contributed by atoms with Gasteiger partial charge in [0.1, 0.15) is 0 Å².